The molecule has 3 N–H and O–H groups in total. The van der Waals surface area contributed by atoms with Crippen LogP contribution in [0.1, 0.15) is 28.9 Å². The van der Waals surface area contributed by atoms with Crippen molar-refractivity contribution < 1.29 is 14.3 Å². The number of ether oxygens (including phenoxy) is 1. The monoisotopic (exact) mass is 366 g/mol. The fraction of sp³-hybridized carbons (Fsp3) is 0.176. The summed E-state index contributed by atoms with van der Waals surface area (Å²) >= 11 is 12.0. The second-order valence-corrected chi connectivity index (χ2v) is 5.99. The number of amides is 2. The fourth-order valence-electron chi connectivity index (χ4n) is 2.09. The predicted molar refractivity (Wildman–Crippen MR) is 93.5 cm³/mol. The van der Waals surface area contributed by atoms with E-state index in [1.165, 1.54) is 6.07 Å². The van der Waals surface area contributed by atoms with E-state index in [9.17, 15) is 9.59 Å². The summed E-state index contributed by atoms with van der Waals surface area (Å²) in [7, 11) is 0. The molecular formula is C17H16Cl2N2O3. The highest BCUT2D eigenvalue weighted by Crippen LogP contribution is 2.26. The molecule has 0 bridgehead atoms. The van der Waals surface area contributed by atoms with Gasteiger partial charge in [-0.25, -0.2) is 0 Å². The van der Waals surface area contributed by atoms with Crippen LogP contribution in [-0.4, -0.2) is 18.4 Å². The quantitative estimate of drug-likeness (QED) is 0.822. The molecule has 24 heavy (non-hydrogen) atoms. The van der Waals surface area contributed by atoms with Gasteiger partial charge in [0.25, 0.3) is 11.8 Å². The van der Waals surface area contributed by atoms with Crippen LogP contribution < -0.4 is 15.8 Å². The standard InChI is InChI=1S/C17H16Cl2N2O3/c1-10(14-6-5-12(18)8-15(14)19)21-17(23)11-3-2-4-13(7-11)24-9-16(20)22/h2-8,10H,9H2,1H3,(H2,20,22)(H,21,23)/t10-/m0/s1. The minimum Gasteiger partial charge on any atom is -0.484 e. The van der Waals surface area contributed by atoms with Crippen LogP contribution in [0.15, 0.2) is 42.5 Å². The van der Waals surface area contributed by atoms with Crippen LogP contribution in [0, 0.1) is 0 Å². The van der Waals surface area contributed by atoms with Gasteiger partial charge in [0.15, 0.2) is 6.61 Å². The van der Waals surface area contributed by atoms with Gasteiger partial charge < -0.3 is 15.8 Å². The molecule has 0 aromatic heterocycles. The predicted octanol–water partition coefficient (Wildman–Crippen LogP) is 3.35. The normalized spacial score (nSPS) is 11.6. The molecule has 2 aromatic rings. The minimum atomic E-state index is -0.587. The molecular weight excluding hydrogens is 351 g/mol. The second kappa shape index (κ2) is 8.04. The van der Waals surface area contributed by atoms with Crippen LogP contribution in [0.2, 0.25) is 10.0 Å². The number of carbonyl (C=O) groups excluding carboxylic acids is 2. The summed E-state index contributed by atoms with van der Waals surface area (Å²) in [4.78, 5) is 23.1. The minimum absolute atomic E-state index is 0.248. The van der Waals surface area contributed by atoms with Gasteiger partial charge in [-0.15, -0.1) is 0 Å². The van der Waals surface area contributed by atoms with Crippen molar-refractivity contribution in [2.24, 2.45) is 5.73 Å². The fourth-order valence-corrected chi connectivity index (χ4v) is 2.66. The lowest BCUT2D eigenvalue weighted by Crippen LogP contribution is -2.27. The molecule has 0 spiro atoms. The Balaban J connectivity index is 2.08. The Morgan fingerprint density at radius 3 is 2.62 bits per heavy atom. The topological polar surface area (TPSA) is 81.4 Å². The number of nitrogens with two attached hydrogens (primary N) is 1. The van der Waals surface area contributed by atoms with Crippen LogP contribution in [0.5, 0.6) is 5.75 Å². The summed E-state index contributed by atoms with van der Waals surface area (Å²) in [6, 6.07) is 11.3. The smallest absolute Gasteiger partial charge is 0.255 e. The summed E-state index contributed by atoms with van der Waals surface area (Å²) in [5.74, 6) is -0.493. The molecule has 0 fully saturated rings. The third-order valence-electron chi connectivity index (χ3n) is 3.25. The van der Waals surface area contributed by atoms with Crippen molar-refractivity contribution in [2.75, 3.05) is 6.61 Å². The zero-order valence-corrected chi connectivity index (χ0v) is 14.4. The number of hydrogen-bond acceptors (Lipinski definition) is 3. The highest BCUT2D eigenvalue weighted by atomic mass is 35.5. The Labute approximate surface area is 149 Å². The number of rotatable bonds is 6. The van der Waals surface area contributed by atoms with E-state index in [0.29, 0.717) is 21.4 Å². The van der Waals surface area contributed by atoms with Gasteiger partial charge in [-0.05, 0) is 42.8 Å². The lowest BCUT2D eigenvalue weighted by atomic mass is 10.1. The maximum atomic E-state index is 12.4. The largest absolute Gasteiger partial charge is 0.484 e. The molecule has 0 unspecified atom stereocenters. The van der Waals surface area contributed by atoms with Crippen molar-refractivity contribution in [3.63, 3.8) is 0 Å². The van der Waals surface area contributed by atoms with Crippen LogP contribution in [0.3, 0.4) is 0 Å². The van der Waals surface area contributed by atoms with Gasteiger partial charge in [0, 0.05) is 15.6 Å². The van der Waals surface area contributed by atoms with E-state index in [4.69, 9.17) is 33.7 Å². The summed E-state index contributed by atoms with van der Waals surface area (Å²) in [6.45, 7) is 1.57. The molecule has 126 valence electrons. The Morgan fingerprint density at radius 1 is 1.21 bits per heavy atom. The molecule has 2 aromatic carbocycles. The number of nitrogens with one attached hydrogen (secondary N) is 1. The van der Waals surface area contributed by atoms with E-state index in [0.717, 1.165) is 5.56 Å². The Morgan fingerprint density at radius 2 is 1.96 bits per heavy atom. The van der Waals surface area contributed by atoms with E-state index in [1.54, 1.807) is 36.4 Å². The van der Waals surface area contributed by atoms with Gasteiger partial charge in [0.1, 0.15) is 5.75 Å². The highest BCUT2D eigenvalue weighted by Gasteiger charge is 2.15. The van der Waals surface area contributed by atoms with Crippen LogP contribution in [-0.2, 0) is 4.79 Å². The maximum absolute atomic E-state index is 12.4. The molecule has 0 radical (unpaired) electrons. The Kier molecular flexibility index (Phi) is 6.06. The zero-order chi connectivity index (χ0) is 17.7. The zero-order valence-electron chi connectivity index (χ0n) is 12.9. The molecule has 5 nitrogen and oxygen atoms in total. The summed E-state index contributed by atoms with van der Waals surface area (Å²) < 4.78 is 5.19. The lowest BCUT2D eigenvalue weighted by Gasteiger charge is -2.16. The Hall–Kier alpha value is -2.24. The van der Waals surface area contributed by atoms with Gasteiger partial charge in [0.05, 0.1) is 6.04 Å². The average Bonchev–Trinajstić information content (AvgIpc) is 2.53. The summed E-state index contributed by atoms with van der Waals surface area (Å²) in [5.41, 5.74) is 6.18. The average molecular weight is 367 g/mol. The van der Waals surface area contributed by atoms with Crippen LogP contribution in [0.25, 0.3) is 0 Å². The molecule has 1 atom stereocenters. The third kappa shape index (κ3) is 4.88. The van der Waals surface area contributed by atoms with Crippen molar-refractivity contribution in [1.82, 2.24) is 5.32 Å². The molecule has 0 heterocycles. The van der Waals surface area contributed by atoms with Crippen LogP contribution in [0.4, 0.5) is 0 Å². The lowest BCUT2D eigenvalue weighted by molar-refractivity contribution is -0.119. The van der Waals surface area contributed by atoms with Crippen molar-refractivity contribution in [2.45, 2.75) is 13.0 Å². The van der Waals surface area contributed by atoms with E-state index < -0.39 is 5.91 Å². The molecule has 0 saturated carbocycles. The molecule has 0 aliphatic rings. The van der Waals surface area contributed by atoms with Gasteiger partial charge >= 0.3 is 0 Å². The van der Waals surface area contributed by atoms with E-state index in [1.807, 2.05) is 6.92 Å². The van der Waals surface area contributed by atoms with Crippen LogP contribution >= 0.6 is 23.2 Å². The number of primary amides is 1. The van der Waals surface area contributed by atoms with Gasteiger partial charge in [-0.2, -0.15) is 0 Å². The second-order valence-electron chi connectivity index (χ2n) is 5.14. The van der Waals surface area contributed by atoms with Gasteiger partial charge in [-0.1, -0.05) is 35.3 Å². The van der Waals surface area contributed by atoms with Crippen molar-refractivity contribution in [3.8, 4) is 5.75 Å². The third-order valence-corrected chi connectivity index (χ3v) is 3.82. The van der Waals surface area contributed by atoms with E-state index in [-0.39, 0.29) is 18.6 Å². The first-order valence-corrected chi connectivity index (χ1v) is 7.89. The SMILES string of the molecule is C[C@H](NC(=O)c1cccc(OCC(N)=O)c1)c1ccc(Cl)cc1Cl. The molecule has 7 heteroatoms. The van der Waals surface area contributed by atoms with E-state index in [2.05, 4.69) is 5.32 Å². The summed E-state index contributed by atoms with van der Waals surface area (Å²) in [6.07, 6.45) is 0. The van der Waals surface area contributed by atoms with Crippen molar-refractivity contribution in [1.29, 1.82) is 0 Å². The first-order valence-electron chi connectivity index (χ1n) is 7.14. The van der Waals surface area contributed by atoms with Gasteiger partial charge in [-0.3, -0.25) is 9.59 Å². The first kappa shape index (κ1) is 18.1. The first-order chi connectivity index (χ1) is 11.4. The highest BCUT2D eigenvalue weighted by molar-refractivity contribution is 6.35. The van der Waals surface area contributed by atoms with Gasteiger partial charge in [0.2, 0.25) is 0 Å². The number of halogens is 2. The molecule has 0 saturated heterocycles. The molecule has 0 aliphatic heterocycles. The molecule has 2 rings (SSSR count). The van der Waals surface area contributed by atoms with E-state index >= 15 is 0 Å². The number of carbonyl (C=O) groups is 2. The Bertz CT molecular complexity index is 765. The van der Waals surface area contributed by atoms with Crippen molar-refractivity contribution in [3.05, 3.63) is 63.6 Å². The molecule has 2 amide bonds. The van der Waals surface area contributed by atoms with Crippen molar-refractivity contribution >= 4 is 35.0 Å². The number of hydrogen-bond donors (Lipinski definition) is 2. The molecule has 0 aliphatic carbocycles. The number of benzene rings is 2. The maximum Gasteiger partial charge on any atom is 0.255 e. The summed E-state index contributed by atoms with van der Waals surface area (Å²) in [5, 5.41) is 3.86.